The lowest BCUT2D eigenvalue weighted by atomic mass is 10.00. The van der Waals surface area contributed by atoms with Crippen LogP contribution in [0, 0.1) is 12.8 Å². The number of rotatable bonds is 7. The number of aryl methyl sites for hydroxylation is 1. The van der Waals surface area contributed by atoms with Gasteiger partial charge >= 0.3 is 0 Å². The molecule has 0 spiro atoms. The van der Waals surface area contributed by atoms with E-state index in [0.717, 1.165) is 56.0 Å². The number of hydrazine groups is 1. The minimum atomic E-state index is 0.363. The maximum Gasteiger partial charge on any atom is 0.148 e. The molecule has 2 atom stereocenters. The molecule has 6 heteroatoms. The fraction of sp³-hybridized carbons (Fsp3) is 0.733. The maximum absolute atomic E-state index is 5.74. The van der Waals surface area contributed by atoms with Gasteiger partial charge in [-0.25, -0.2) is 15.8 Å². The van der Waals surface area contributed by atoms with Gasteiger partial charge in [0.25, 0.3) is 0 Å². The molecule has 0 aromatic carbocycles. The first-order valence-electron chi connectivity index (χ1n) is 7.89. The monoisotopic (exact) mass is 293 g/mol. The van der Waals surface area contributed by atoms with Gasteiger partial charge in [0.15, 0.2) is 0 Å². The van der Waals surface area contributed by atoms with E-state index in [0.29, 0.717) is 17.8 Å². The zero-order valence-electron chi connectivity index (χ0n) is 13.3. The number of nitrogens with two attached hydrogens (primary N) is 1. The number of hydrogen-bond donors (Lipinski definition) is 3. The Kier molecular flexibility index (Phi) is 5.76. The average Bonchev–Trinajstić information content (AvgIpc) is 2.95. The molecule has 0 saturated carbocycles. The van der Waals surface area contributed by atoms with E-state index in [1.807, 2.05) is 6.92 Å². The van der Waals surface area contributed by atoms with Gasteiger partial charge in [0, 0.05) is 31.1 Å². The molecule has 6 nitrogen and oxygen atoms in total. The second-order valence-electron chi connectivity index (χ2n) is 5.60. The van der Waals surface area contributed by atoms with Gasteiger partial charge in [-0.3, -0.25) is 0 Å². The third-order valence-electron chi connectivity index (χ3n) is 4.08. The molecule has 1 aliphatic heterocycles. The predicted octanol–water partition coefficient (Wildman–Crippen LogP) is 2.25. The maximum atomic E-state index is 5.74. The van der Waals surface area contributed by atoms with Crippen molar-refractivity contribution in [1.29, 1.82) is 0 Å². The fourth-order valence-electron chi connectivity index (χ4n) is 2.82. The zero-order chi connectivity index (χ0) is 15.2. The van der Waals surface area contributed by atoms with Crippen molar-refractivity contribution in [3.63, 3.8) is 0 Å². The molecular weight excluding hydrogens is 266 g/mol. The molecule has 4 N–H and O–H groups in total. The van der Waals surface area contributed by atoms with Crippen LogP contribution < -0.4 is 16.6 Å². The van der Waals surface area contributed by atoms with Crippen molar-refractivity contribution < 1.29 is 4.74 Å². The Labute approximate surface area is 126 Å². The summed E-state index contributed by atoms with van der Waals surface area (Å²) in [6.45, 7) is 8.02. The van der Waals surface area contributed by atoms with E-state index in [1.54, 1.807) is 0 Å². The van der Waals surface area contributed by atoms with E-state index in [9.17, 15) is 0 Å². The summed E-state index contributed by atoms with van der Waals surface area (Å²) in [5, 5.41) is 3.47. The number of nitrogens with zero attached hydrogens (tertiary/aromatic N) is 2. The Bertz CT molecular complexity index is 466. The van der Waals surface area contributed by atoms with Crippen LogP contribution in [0.15, 0.2) is 0 Å². The number of ether oxygens (including phenoxy) is 1. The first-order chi connectivity index (χ1) is 10.2. The highest BCUT2D eigenvalue weighted by atomic mass is 16.5. The van der Waals surface area contributed by atoms with Crippen molar-refractivity contribution in [1.82, 2.24) is 9.97 Å². The second kappa shape index (κ2) is 7.56. The molecule has 2 heterocycles. The molecule has 1 aliphatic rings. The van der Waals surface area contributed by atoms with Crippen LogP contribution in [0.1, 0.15) is 44.5 Å². The molecule has 1 saturated heterocycles. The Balaban J connectivity index is 2.09. The summed E-state index contributed by atoms with van der Waals surface area (Å²) in [5.74, 6) is 8.51. The molecule has 1 aromatic rings. The summed E-state index contributed by atoms with van der Waals surface area (Å²) in [6.07, 6.45) is 4.40. The Morgan fingerprint density at radius 2 is 2.05 bits per heavy atom. The van der Waals surface area contributed by atoms with E-state index < -0.39 is 0 Å². The molecule has 0 bridgehead atoms. The van der Waals surface area contributed by atoms with Crippen LogP contribution in [-0.2, 0) is 11.2 Å². The summed E-state index contributed by atoms with van der Waals surface area (Å²) in [6, 6.07) is 0. The molecule has 1 aromatic heterocycles. The topological polar surface area (TPSA) is 85.1 Å². The highest BCUT2D eigenvalue weighted by Crippen LogP contribution is 2.25. The first-order valence-corrected chi connectivity index (χ1v) is 7.89. The number of aromatic nitrogens is 2. The molecule has 1 fully saturated rings. The van der Waals surface area contributed by atoms with Gasteiger partial charge in [-0.15, -0.1) is 0 Å². The van der Waals surface area contributed by atoms with E-state index in [1.165, 1.54) is 0 Å². The molecule has 21 heavy (non-hydrogen) atoms. The van der Waals surface area contributed by atoms with Crippen LogP contribution >= 0.6 is 0 Å². The highest BCUT2D eigenvalue weighted by molar-refractivity contribution is 5.56. The summed E-state index contributed by atoms with van der Waals surface area (Å²) in [4.78, 5) is 9.06. The minimum Gasteiger partial charge on any atom is -0.378 e. The van der Waals surface area contributed by atoms with E-state index in [2.05, 4.69) is 34.6 Å². The predicted molar refractivity (Wildman–Crippen MR) is 85.2 cm³/mol. The molecule has 2 unspecified atom stereocenters. The lowest BCUT2D eigenvalue weighted by molar-refractivity contribution is 0.0900. The molecular formula is C15H27N5O. The Hall–Kier alpha value is -1.40. The van der Waals surface area contributed by atoms with Gasteiger partial charge in [0.1, 0.15) is 17.5 Å². The number of nitrogen functional groups attached to an aromatic ring is 1. The van der Waals surface area contributed by atoms with Crippen molar-refractivity contribution in [2.75, 3.05) is 23.9 Å². The van der Waals surface area contributed by atoms with Gasteiger partial charge in [0.05, 0.1) is 6.10 Å². The van der Waals surface area contributed by atoms with Crippen LogP contribution in [0.3, 0.4) is 0 Å². The van der Waals surface area contributed by atoms with Crippen LogP contribution in [0.25, 0.3) is 0 Å². The van der Waals surface area contributed by atoms with E-state index >= 15 is 0 Å². The fourth-order valence-corrected chi connectivity index (χ4v) is 2.82. The van der Waals surface area contributed by atoms with Gasteiger partial charge < -0.3 is 15.5 Å². The summed E-state index contributed by atoms with van der Waals surface area (Å²) >= 11 is 0. The van der Waals surface area contributed by atoms with Crippen molar-refractivity contribution in [2.24, 2.45) is 11.8 Å². The molecule has 0 amide bonds. The van der Waals surface area contributed by atoms with Crippen molar-refractivity contribution in [2.45, 2.75) is 52.6 Å². The Morgan fingerprint density at radius 1 is 1.29 bits per heavy atom. The Morgan fingerprint density at radius 3 is 2.71 bits per heavy atom. The molecule has 0 aliphatic carbocycles. The molecule has 118 valence electrons. The number of anilines is 2. The number of hydrogen-bond acceptors (Lipinski definition) is 6. The third kappa shape index (κ3) is 3.83. The normalized spacial score (nSPS) is 21.5. The van der Waals surface area contributed by atoms with Crippen LogP contribution in [0.5, 0.6) is 0 Å². The van der Waals surface area contributed by atoms with Crippen LogP contribution in [-0.4, -0.2) is 29.2 Å². The molecule has 2 rings (SSSR count). The second-order valence-corrected chi connectivity index (χ2v) is 5.60. The van der Waals surface area contributed by atoms with E-state index in [-0.39, 0.29) is 0 Å². The highest BCUT2D eigenvalue weighted by Gasteiger charge is 2.26. The average molecular weight is 293 g/mol. The number of nitrogens with one attached hydrogen (secondary N) is 2. The summed E-state index contributed by atoms with van der Waals surface area (Å²) in [7, 11) is 0. The SMILES string of the molecule is CCCc1nc(NN)c(C)c(NCC2CCOC2CC)n1. The van der Waals surface area contributed by atoms with Crippen molar-refractivity contribution >= 4 is 11.6 Å². The largest absolute Gasteiger partial charge is 0.378 e. The minimum absolute atomic E-state index is 0.363. The van der Waals surface area contributed by atoms with Crippen molar-refractivity contribution in [3.8, 4) is 0 Å². The third-order valence-corrected chi connectivity index (χ3v) is 4.08. The standard InChI is InChI=1S/C15H27N5O/c1-4-6-13-18-14(10(3)15(19-13)20-16)17-9-11-7-8-21-12(11)5-2/h11-12H,4-9,16H2,1-3H3,(H2,17,18,19,20). The van der Waals surface area contributed by atoms with Gasteiger partial charge in [-0.1, -0.05) is 13.8 Å². The lowest BCUT2D eigenvalue weighted by Gasteiger charge is -2.19. The van der Waals surface area contributed by atoms with Gasteiger partial charge in [-0.2, -0.15) is 0 Å². The lowest BCUT2D eigenvalue weighted by Crippen LogP contribution is -2.24. The van der Waals surface area contributed by atoms with Crippen molar-refractivity contribution in [3.05, 3.63) is 11.4 Å². The summed E-state index contributed by atoms with van der Waals surface area (Å²) < 4.78 is 5.74. The quantitative estimate of drug-likeness (QED) is 0.528. The zero-order valence-corrected chi connectivity index (χ0v) is 13.3. The first kappa shape index (κ1) is 16.0. The van der Waals surface area contributed by atoms with Gasteiger partial charge in [0.2, 0.25) is 0 Å². The smallest absolute Gasteiger partial charge is 0.148 e. The van der Waals surface area contributed by atoms with Crippen LogP contribution in [0.2, 0.25) is 0 Å². The van der Waals surface area contributed by atoms with E-state index in [4.69, 9.17) is 10.6 Å². The molecule has 0 radical (unpaired) electrons. The summed E-state index contributed by atoms with van der Waals surface area (Å²) in [5.41, 5.74) is 3.63. The van der Waals surface area contributed by atoms with Crippen LogP contribution in [0.4, 0.5) is 11.6 Å². The van der Waals surface area contributed by atoms with Gasteiger partial charge in [-0.05, 0) is 26.2 Å².